The third-order valence-corrected chi connectivity index (χ3v) is 3.06. The SMILES string of the molecule is CC(C)c1nocc1-c1nc2ncc(C(F)(F)F)cc2[nH]1. The van der Waals surface area contributed by atoms with E-state index in [-0.39, 0.29) is 17.1 Å². The van der Waals surface area contributed by atoms with Gasteiger partial charge in [-0.25, -0.2) is 9.97 Å². The number of imidazole rings is 1. The van der Waals surface area contributed by atoms with E-state index in [2.05, 4.69) is 20.1 Å². The highest BCUT2D eigenvalue weighted by atomic mass is 19.4. The second-order valence-corrected chi connectivity index (χ2v) is 4.95. The molecule has 0 aliphatic rings. The Labute approximate surface area is 117 Å². The number of aromatic amines is 1. The minimum absolute atomic E-state index is 0.102. The van der Waals surface area contributed by atoms with Crippen molar-refractivity contribution in [2.75, 3.05) is 0 Å². The van der Waals surface area contributed by atoms with E-state index < -0.39 is 11.7 Å². The summed E-state index contributed by atoms with van der Waals surface area (Å²) in [6.45, 7) is 3.87. The first-order chi connectivity index (χ1) is 9.86. The van der Waals surface area contributed by atoms with E-state index in [9.17, 15) is 13.2 Å². The van der Waals surface area contributed by atoms with E-state index in [1.807, 2.05) is 13.8 Å². The maximum Gasteiger partial charge on any atom is 0.417 e. The molecule has 3 heterocycles. The van der Waals surface area contributed by atoms with Crippen molar-refractivity contribution in [2.24, 2.45) is 0 Å². The fourth-order valence-electron chi connectivity index (χ4n) is 2.02. The lowest BCUT2D eigenvalue weighted by molar-refractivity contribution is -0.137. The summed E-state index contributed by atoms with van der Waals surface area (Å²) in [5, 5.41) is 3.88. The van der Waals surface area contributed by atoms with Crippen molar-refractivity contribution in [1.29, 1.82) is 0 Å². The number of H-pyrrole nitrogens is 1. The first-order valence-corrected chi connectivity index (χ1v) is 6.24. The highest BCUT2D eigenvalue weighted by Crippen LogP contribution is 2.31. The maximum atomic E-state index is 12.7. The molecule has 0 saturated heterocycles. The monoisotopic (exact) mass is 296 g/mol. The first-order valence-electron chi connectivity index (χ1n) is 6.24. The second kappa shape index (κ2) is 4.57. The minimum Gasteiger partial charge on any atom is -0.364 e. The molecule has 0 aliphatic heterocycles. The van der Waals surface area contributed by atoms with Crippen LogP contribution >= 0.6 is 0 Å². The van der Waals surface area contributed by atoms with Gasteiger partial charge in [0.2, 0.25) is 0 Å². The summed E-state index contributed by atoms with van der Waals surface area (Å²) in [5.41, 5.74) is 0.922. The molecule has 0 atom stereocenters. The van der Waals surface area contributed by atoms with Gasteiger partial charge in [0.1, 0.15) is 12.1 Å². The highest BCUT2D eigenvalue weighted by Gasteiger charge is 2.31. The van der Waals surface area contributed by atoms with Gasteiger partial charge in [-0.05, 0) is 12.0 Å². The van der Waals surface area contributed by atoms with Crippen molar-refractivity contribution in [3.05, 3.63) is 29.8 Å². The van der Waals surface area contributed by atoms with Crippen LogP contribution in [0.5, 0.6) is 0 Å². The molecule has 0 bridgehead atoms. The summed E-state index contributed by atoms with van der Waals surface area (Å²) < 4.78 is 42.9. The van der Waals surface area contributed by atoms with Crippen LogP contribution in [0, 0.1) is 0 Å². The van der Waals surface area contributed by atoms with Crippen molar-refractivity contribution in [1.82, 2.24) is 20.1 Å². The Kier molecular flexibility index (Phi) is 2.96. The summed E-state index contributed by atoms with van der Waals surface area (Å²) in [7, 11) is 0. The molecule has 0 spiro atoms. The summed E-state index contributed by atoms with van der Waals surface area (Å²) in [4.78, 5) is 10.8. The summed E-state index contributed by atoms with van der Waals surface area (Å²) >= 11 is 0. The molecule has 3 aromatic heterocycles. The zero-order chi connectivity index (χ0) is 15.2. The van der Waals surface area contributed by atoms with Crippen molar-refractivity contribution in [2.45, 2.75) is 25.9 Å². The molecule has 1 N–H and O–H groups in total. The lowest BCUT2D eigenvalue weighted by Gasteiger charge is -2.04. The average molecular weight is 296 g/mol. The molecule has 0 radical (unpaired) electrons. The Morgan fingerprint density at radius 1 is 1.29 bits per heavy atom. The van der Waals surface area contributed by atoms with E-state index in [1.165, 1.54) is 6.26 Å². The second-order valence-electron chi connectivity index (χ2n) is 4.95. The Balaban J connectivity index is 2.11. The first kappa shape index (κ1) is 13.6. The van der Waals surface area contributed by atoms with E-state index in [0.717, 1.165) is 12.3 Å². The van der Waals surface area contributed by atoms with Crippen LogP contribution in [0.15, 0.2) is 23.0 Å². The summed E-state index contributed by atoms with van der Waals surface area (Å²) in [6, 6.07) is 0.987. The van der Waals surface area contributed by atoms with Crippen molar-refractivity contribution >= 4 is 11.2 Å². The number of halogens is 3. The number of aromatic nitrogens is 4. The fourth-order valence-corrected chi connectivity index (χ4v) is 2.02. The van der Waals surface area contributed by atoms with Crippen LogP contribution in [0.2, 0.25) is 0 Å². The smallest absolute Gasteiger partial charge is 0.364 e. The maximum absolute atomic E-state index is 12.7. The van der Waals surface area contributed by atoms with Crippen LogP contribution < -0.4 is 0 Å². The minimum atomic E-state index is -4.44. The predicted molar refractivity (Wildman–Crippen MR) is 68.5 cm³/mol. The van der Waals surface area contributed by atoms with Gasteiger partial charge in [-0.1, -0.05) is 19.0 Å². The van der Waals surface area contributed by atoms with E-state index in [1.54, 1.807) is 0 Å². The van der Waals surface area contributed by atoms with Gasteiger partial charge in [-0.15, -0.1) is 0 Å². The quantitative estimate of drug-likeness (QED) is 0.782. The van der Waals surface area contributed by atoms with Crippen LogP contribution in [0.4, 0.5) is 13.2 Å². The number of rotatable bonds is 2. The van der Waals surface area contributed by atoms with Crippen LogP contribution in [0.25, 0.3) is 22.6 Å². The number of alkyl halides is 3. The molecule has 0 fully saturated rings. The Hall–Kier alpha value is -2.38. The predicted octanol–water partition coefficient (Wildman–Crippen LogP) is 3.76. The molecule has 0 aromatic carbocycles. The molecule has 0 amide bonds. The number of hydrogen-bond acceptors (Lipinski definition) is 4. The van der Waals surface area contributed by atoms with Gasteiger partial charge in [0, 0.05) is 6.20 Å². The van der Waals surface area contributed by atoms with Gasteiger partial charge in [0.25, 0.3) is 0 Å². The Morgan fingerprint density at radius 2 is 2.05 bits per heavy atom. The molecule has 0 unspecified atom stereocenters. The number of pyridine rings is 1. The molecule has 8 heteroatoms. The number of hydrogen-bond donors (Lipinski definition) is 1. The van der Waals surface area contributed by atoms with E-state index in [4.69, 9.17) is 4.52 Å². The molecule has 110 valence electrons. The van der Waals surface area contributed by atoms with Crippen LogP contribution in [0.1, 0.15) is 31.0 Å². The molecule has 3 aromatic rings. The van der Waals surface area contributed by atoms with Gasteiger partial charge in [-0.3, -0.25) is 0 Å². The lowest BCUT2D eigenvalue weighted by atomic mass is 10.1. The molecule has 5 nitrogen and oxygen atoms in total. The van der Waals surface area contributed by atoms with E-state index in [0.29, 0.717) is 17.1 Å². The van der Waals surface area contributed by atoms with Crippen LogP contribution in [-0.2, 0) is 6.18 Å². The highest BCUT2D eigenvalue weighted by molar-refractivity contribution is 5.76. The molecule has 0 saturated carbocycles. The average Bonchev–Trinajstić information content (AvgIpc) is 3.02. The number of nitrogens with zero attached hydrogens (tertiary/aromatic N) is 3. The van der Waals surface area contributed by atoms with Gasteiger partial charge in [0.15, 0.2) is 5.65 Å². The van der Waals surface area contributed by atoms with Crippen LogP contribution in [-0.4, -0.2) is 20.1 Å². The van der Waals surface area contributed by atoms with Gasteiger partial charge in [0.05, 0.1) is 22.3 Å². The topological polar surface area (TPSA) is 67.6 Å². The standard InChI is InChI=1S/C13H11F3N4O/c1-6(2)10-8(5-21-20-10)11-18-9-3-7(13(14,15)16)4-17-12(9)19-11/h3-6H,1-2H3,(H,17,18,19). The summed E-state index contributed by atoms with van der Waals surface area (Å²) in [6.07, 6.45) is -2.26. The molecule has 21 heavy (non-hydrogen) atoms. The third-order valence-electron chi connectivity index (χ3n) is 3.06. The molecule has 3 rings (SSSR count). The van der Waals surface area contributed by atoms with E-state index >= 15 is 0 Å². The van der Waals surface area contributed by atoms with Gasteiger partial charge < -0.3 is 9.51 Å². The largest absolute Gasteiger partial charge is 0.417 e. The number of nitrogens with one attached hydrogen (secondary N) is 1. The van der Waals surface area contributed by atoms with Crippen LogP contribution in [0.3, 0.4) is 0 Å². The summed E-state index contributed by atoms with van der Waals surface area (Å²) in [5.74, 6) is 0.493. The molecular formula is C13H11F3N4O. The third kappa shape index (κ3) is 2.37. The zero-order valence-electron chi connectivity index (χ0n) is 11.2. The normalized spacial score (nSPS) is 12.5. The van der Waals surface area contributed by atoms with Crippen molar-refractivity contribution < 1.29 is 17.7 Å². The number of fused-ring (bicyclic) bond motifs is 1. The van der Waals surface area contributed by atoms with Crippen molar-refractivity contribution in [3.8, 4) is 11.4 Å². The fraction of sp³-hybridized carbons (Fsp3) is 0.308. The van der Waals surface area contributed by atoms with Crippen molar-refractivity contribution in [3.63, 3.8) is 0 Å². The lowest BCUT2D eigenvalue weighted by Crippen LogP contribution is -2.05. The van der Waals surface area contributed by atoms with Gasteiger partial charge >= 0.3 is 6.18 Å². The Bertz CT molecular complexity index is 788. The van der Waals surface area contributed by atoms with Gasteiger partial charge in [-0.2, -0.15) is 13.2 Å². The Morgan fingerprint density at radius 3 is 2.71 bits per heavy atom. The zero-order valence-corrected chi connectivity index (χ0v) is 11.2. The molecule has 0 aliphatic carbocycles. The molecular weight excluding hydrogens is 285 g/mol.